The molecule has 3 rings (SSSR count). The molecule has 0 radical (unpaired) electrons. The standard InChI is InChI=1S/C21H29N5O3S2/c1-15-4-6-17(7-5-15)30-12-10-23-20(28)14-31-21-25-24-19(9-8-18(22)27)26(21)13-16-3-2-11-29-16/h4-7,16H,2-3,8-14H2,1H3,(H2,22,27)(H,23,28). The Labute approximate surface area is 191 Å². The molecule has 1 aromatic heterocycles. The van der Waals surface area contributed by atoms with Crippen molar-refractivity contribution in [2.45, 2.75) is 55.3 Å². The van der Waals surface area contributed by atoms with Crippen LogP contribution in [0.4, 0.5) is 0 Å². The lowest BCUT2D eigenvalue weighted by atomic mass is 10.2. The van der Waals surface area contributed by atoms with Crippen molar-refractivity contribution in [2.24, 2.45) is 5.73 Å². The largest absolute Gasteiger partial charge is 0.376 e. The highest BCUT2D eigenvalue weighted by Gasteiger charge is 2.21. The van der Waals surface area contributed by atoms with Crippen LogP contribution in [0.5, 0.6) is 0 Å². The molecule has 168 valence electrons. The van der Waals surface area contributed by atoms with Crippen LogP contribution >= 0.6 is 23.5 Å². The van der Waals surface area contributed by atoms with Gasteiger partial charge in [-0.05, 0) is 31.9 Å². The number of carbonyl (C=O) groups is 2. The third-order valence-corrected chi connectivity index (χ3v) is 6.83. The van der Waals surface area contributed by atoms with Crippen molar-refractivity contribution in [1.29, 1.82) is 0 Å². The predicted octanol–water partition coefficient (Wildman–Crippen LogP) is 2.18. The molecular formula is C21H29N5O3S2. The summed E-state index contributed by atoms with van der Waals surface area (Å²) in [6, 6.07) is 8.35. The molecule has 2 amide bonds. The van der Waals surface area contributed by atoms with E-state index in [1.165, 1.54) is 22.2 Å². The molecule has 1 aliphatic rings. The number of amides is 2. The molecule has 0 aliphatic carbocycles. The van der Waals surface area contributed by atoms with E-state index >= 15 is 0 Å². The number of carbonyl (C=O) groups excluding carboxylic acids is 2. The number of hydrogen-bond donors (Lipinski definition) is 2. The lowest BCUT2D eigenvalue weighted by molar-refractivity contribution is -0.119. The van der Waals surface area contributed by atoms with Gasteiger partial charge in [0, 0.05) is 36.6 Å². The molecule has 2 heterocycles. The van der Waals surface area contributed by atoms with E-state index in [9.17, 15) is 9.59 Å². The fourth-order valence-corrected chi connectivity index (χ4v) is 4.76. The lowest BCUT2D eigenvalue weighted by Gasteiger charge is -2.14. The zero-order chi connectivity index (χ0) is 22.1. The highest BCUT2D eigenvalue weighted by Crippen LogP contribution is 2.22. The maximum atomic E-state index is 12.3. The Kier molecular flexibility index (Phi) is 9.23. The number of rotatable bonds is 12. The molecule has 1 atom stereocenters. The molecule has 1 saturated heterocycles. The Morgan fingerprint density at radius 3 is 2.77 bits per heavy atom. The van der Waals surface area contributed by atoms with Gasteiger partial charge in [0.15, 0.2) is 5.16 Å². The summed E-state index contributed by atoms with van der Waals surface area (Å²) >= 11 is 3.07. The number of nitrogens with one attached hydrogen (secondary N) is 1. The van der Waals surface area contributed by atoms with E-state index < -0.39 is 0 Å². The lowest BCUT2D eigenvalue weighted by Crippen LogP contribution is -2.27. The second-order valence-corrected chi connectivity index (χ2v) is 9.52. The monoisotopic (exact) mass is 463 g/mol. The Morgan fingerprint density at radius 1 is 1.26 bits per heavy atom. The number of ether oxygens (including phenoxy) is 1. The van der Waals surface area contributed by atoms with Crippen LogP contribution in [0.1, 0.15) is 30.7 Å². The van der Waals surface area contributed by atoms with Crippen LogP contribution in [0.25, 0.3) is 0 Å². The van der Waals surface area contributed by atoms with E-state index in [0.29, 0.717) is 30.5 Å². The van der Waals surface area contributed by atoms with Crippen LogP contribution in [0.15, 0.2) is 34.3 Å². The van der Waals surface area contributed by atoms with Crippen molar-refractivity contribution in [2.75, 3.05) is 24.7 Å². The molecule has 1 aromatic carbocycles. The summed E-state index contributed by atoms with van der Waals surface area (Å²) in [5.74, 6) is 1.36. The van der Waals surface area contributed by atoms with Crippen molar-refractivity contribution in [3.05, 3.63) is 35.7 Å². The first-order chi connectivity index (χ1) is 15.0. The zero-order valence-electron chi connectivity index (χ0n) is 17.7. The second kappa shape index (κ2) is 12.1. The molecule has 0 spiro atoms. The minimum Gasteiger partial charge on any atom is -0.376 e. The number of aromatic nitrogens is 3. The molecule has 0 saturated carbocycles. The van der Waals surface area contributed by atoms with Gasteiger partial charge in [0.05, 0.1) is 18.4 Å². The predicted molar refractivity (Wildman–Crippen MR) is 122 cm³/mol. The molecule has 10 heteroatoms. The number of aryl methyl sites for hydroxylation is 2. The van der Waals surface area contributed by atoms with Crippen LogP contribution in [0.2, 0.25) is 0 Å². The van der Waals surface area contributed by atoms with E-state index in [1.54, 1.807) is 11.8 Å². The second-order valence-electron chi connectivity index (χ2n) is 7.41. The minimum absolute atomic E-state index is 0.0418. The van der Waals surface area contributed by atoms with Gasteiger partial charge in [-0.25, -0.2) is 0 Å². The van der Waals surface area contributed by atoms with Crippen LogP contribution < -0.4 is 11.1 Å². The summed E-state index contributed by atoms with van der Waals surface area (Å²) in [6.45, 7) is 4.05. The van der Waals surface area contributed by atoms with Gasteiger partial charge in [0.1, 0.15) is 5.82 Å². The van der Waals surface area contributed by atoms with Crippen LogP contribution in [-0.4, -0.2) is 57.3 Å². The van der Waals surface area contributed by atoms with E-state index in [1.807, 2.05) is 4.57 Å². The Bertz CT molecular complexity index is 866. The van der Waals surface area contributed by atoms with Gasteiger partial charge < -0.3 is 20.4 Å². The van der Waals surface area contributed by atoms with Crippen molar-refractivity contribution in [1.82, 2.24) is 20.1 Å². The normalized spacial score (nSPS) is 15.8. The van der Waals surface area contributed by atoms with E-state index in [0.717, 1.165) is 25.2 Å². The molecule has 8 nitrogen and oxygen atoms in total. The van der Waals surface area contributed by atoms with Gasteiger partial charge in [-0.1, -0.05) is 29.5 Å². The summed E-state index contributed by atoms with van der Waals surface area (Å²) in [5.41, 5.74) is 6.52. The Hall–Kier alpha value is -2.04. The highest BCUT2D eigenvalue weighted by molar-refractivity contribution is 7.99. The molecule has 1 fully saturated rings. The smallest absolute Gasteiger partial charge is 0.230 e. The molecule has 1 unspecified atom stereocenters. The molecular weight excluding hydrogens is 434 g/mol. The third-order valence-electron chi connectivity index (χ3n) is 4.84. The fourth-order valence-electron chi connectivity index (χ4n) is 3.20. The zero-order valence-corrected chi connectivity index (χ0v) is 19.3. The molecule has 0 bridgehead atoms. The van der Waals surface area contributed by atoms with E-state index in [2.05, 4.69) is 46.7 Å². The van der Waals surface area contributed by atoms with Gasteiger partial charge in [-0.2, -0.15) is 0 Å². The maximum Gasteiger partial charge on any atom is 0.230 e. The molecule has 1 aliphatic heterocycles. The summed E-state index contributed by atoms with van der Waals surface area (Å²) in [5, 5.41) is 12.1. The molecule has 3 N–H and O–H groups in total. The first-order valence-electron chi connectivity index (χ1n) is 10.4. The first kappa shape index (κ1) is 23.6. The van der Waals surface area contributed by atoms with Gasteiger partial charge >= 0.3 is 0 Å². The number of benzene rings is 1. The summed E-state index contributed by atoms with van der Waals surface area (Å²) in [4.78, 5) is 24.6. The summed E-state index contributed by atoms with van der Waals surface area (Å²) in [7, 11) is 0. The summed E-state index contributed by atoms with van der Waals surface area (Å²) in [6.07, 6.45) is 2.77. The van der Waals surface area contributed by atoms with Crippen molar-refractivity contribution in [3.8, 4) is 0 Å². The highest BCUT2D eigenvalue weighted by atomic mass is 32.2. The van der Waals surface area contributed by atoms with Gasteiger partial charge in [-0.15, -0.1) is 22.0 Å². The van der Waals surface area contributed by atoms with Crippen LogP contribution in [-0.2, 0) is 27.3 Å². The van der Waals surface area contributed by atoms with Crippen molar-refractivity contribution < 1.29 is 14.3 Å². The third kappa shape index (κ3) is 7.86. The van der Waals surface area contributed by atoms with E-state index in [-0.39, 0.29) is 30.1 Å². The maximum absolute atomic E-state index is 12.3. The van der Waals surface area contributed by atoms with Crippen LogP contribution in [0, 0.1) is 6.92 Å². The average Bonchev–Trinajstić information content (AvgIpc) is 3.40. The van der Waals surface area contributed by atoms with Crippen molar-refractivity contribution >= 4 is 35.3 Å². The van der Waals surface area contributed by atoms with Gasteiger partial charge in [0.2, 0.25) is 11.8 Å². The van der Waals surface area contributed by atoms with Gasteiger partial charge in [-0.3, -0.25) is 9.59 Å². The van der Waals surface area contributed by atoms with Crippen LogP contribution in [0.3, 0.4) is 0 Å². The first-order valence-corrected chi connectivity index (χ1v) is 12.4. The average molecular weight is 464 g/mol. The number of hydrogen-bond acceptors (Lipinski definition) is 7. The Morgan fingerprint density at radius 2 is 2.06 bits per heavy atom. The fraction of sp³-hybridized carbons (Fsp3) is 0.524. The van der Waals surface area contributed by atoms with Gasteiger partial charge in [0.25, 0.3) is 0 Å². The minimum atomic E-state index is -0.372. The van der Waals surface area contributed by atoms with E-state index in [4.69, 9.17) is 10.5 Å². The SMILES string of the molecule is Cc1ccc(SCCNC(=O)CSc2nnc(CCC(N)=O)n2CC2CCCO2)cc1. The molecule has 31 heavy (non-hydrogen) atoms. The topological polar surface area (TPSA) is 112 Å². The molecule has 2 aromatic rings. The quantitative estimate of drug-likeness (QED) is 0.366. The Balaban J connectivity index is 1.46. The number of primary amides is 1. The number of nitrogens with zero attached hydrogens (tertiary/aromatic N) is 3. The number of thioether (sulfide) groups is 2. The summed E-state index contributed by atoms with van der Waals surface area (Å²) < 4.78 is 7.70. The number of nitrogens with two attached hydrogens (primary N) is 1. The van der Waals surface area contributed by atoms with Crippen molar-refractivity contribution in [3.63, 3.8) is 0 Å².